The number of pyridine rings is 1. The number of Topliss-reactive ketones (excluding diaryl/α,β-unsaturated/α-hetero) is 1. The number of piperazine rings is 1. The van der Waals surface area contributed by atoms with Gasteiger partial charge in [-0.15, -0.1) is 0 Å². The monoisotopic (exact) mass is 481 g/mol. The number of amides is 1. The summed E-state index contributed by atoms with van der Waals surface area (Å²) in [4.78, 5) is 34.4. The molecule has 1 aliphatic heterocycles. The average molecular weight is 482 g/mol. The number of nitrogens with zero attached hydrogens (tertiary/aromatic N) is 3. The lowest BCUT2D eigenvalue weighted by molar-refractivity contribution is -0.136. The molecule has 1 amide bonds. The van der Waals surface area contributed by atoms with Gasteiger partial charge in [-0.05, 0) is 80.5 Å². The normalized spacial score (nSPS) is 19.5. The Labute approximate surface area is 208 Å². The summed E-state index contributed by atoms with van der Waals surface area (Å²) < 4.78 is 0. The maximum absolute atomic E-state index is 12.9. The van der Waals surface area contributed by atoms with E-state index in [9.17, 15) is 9.59 Å². The fraction of sp³-hybridized carbons (Fsp3) is 0.536. The van der Waals surface area contributed by atoms with E-state index < -0.39 is 0 Å². The molecule has 0 unspecified atom stereocenters. The molecule has 0 radical (unpaired) electrons. The lowest BCUT2D eigenvalue weighted by Crippen LogP contribution is -2.53. The van der Waals surface area contributed by atoms with Gasteiger partial charge in [-0.1, -0.05) is 24.4 Å². The zero-order valence-electron chi connectivity index (χ0n) is 20.6. The summed E-state index contributed by atoms with van der Waals surface area (Å²) in [5.41, 5.74) is 4.75. The minimum absolute atomic E-state index is 0.0480. The molecule has 2 aliphatic rings. The predicted octanol–water partition coefficient (Wildman–Crippen LogP) is 5.39. The first-order valence-electron chi connectivity index (χ1n) is 12.6. The van der Waals surface area contributed by atoms with Crippen LogP contribution in [0.1, 0.15) is 71.8 Å². The van der Waals surface area contributed by atoms with Crippen molar-refractivity contribution in [1.29, 1.82) is 0 Å². The van der Waals surface area contributed by atoms with E-state index in [1.165, 1.54) is 25.7 Å². The summed E-state index contributed by atoms with van der Waals surface area (Å²) >= 11 is 6.47. The van der Waals surface area contributed by atoms with Gasteiger partial charge in [-0.2, -0.15) is 0 Å². The minimum Gasteiger partial charge on any atom is -0.337 e. The fourth-order valence-electron chi connectivity index (χ4n) is 5.42. The highest BCUT2D eigenvalue weighted by Gasteiger charge is 2.29. The minimum atomic E-state index is 0.0480. The number of aromatic nitrogens is 1. The molecule has 6 heteroatoms. The molecule has 182 valence electrons. The number of benzene rings is 1. The van der Waals surface area contributed by atoms with Gasteiger partial charge in [0.1, 0.15) is 0 Å². The Bertz CT molecular complexity index is 1030. The zero-order chi connectivity index (χ0) is 24.2. The molecule has 0 bridgehead atoms. The summed E-state index contributed by atoms with van der Waals surface area (Å²) in [5.74, 6) is 0.958. The summed E-state index contributed by atoms with van der Waals surface area (Å²) in [6.45, 7) is 9.40. The van der Waals surface area contributed by atoms with Crippen molar-refractivity contribution in [3.63, 3.8) is 0 Å². The van der Waals surface area contributed by atoms with E-state index >= 15 is 0 Å². The third-order valence-electron chi connectivity index (χ3n) is 7.54. The molecule has 1 saturated heterocycles. The lowest BCUT2D eigenvalue weighted by atomic mass is 9.96. The predicted molar refractivity (Wildman–Crippen MR) is 136 cm³/mol. The van der Waals surface area contributed by atoms with E-state index in [2.05, 4.69) is 28.6 Å². The summed E-state index contributed by atoms with van der Waals surface area (Å²) in [7, 11) is 0. The molecule has 1 saturated carbocycles. The molecule has 2 aromatic rings. The third kappa shape index (κ3) is 6.05. The van der Waals surface area contributed by atoms with Gasteiger partial charge >= 0.3 is 0 Å². The SMILES string of the molecule is Cc1ccc(C(=O)Cc2cc(Cl)cc(CN3CCN(C(=O)CC4CCCC4)[C@@H](C)C3)c2C)cn1. The van der Waals surface area contributed by atoms with Gasteiger partial charge in [0.15, 0.2) is 5.78 Å². The van der Waals surface area contributed by atoms with Gasteiger partial charge in [0.25, 0.3) is 0 Å². The quantitative estimate of drug-likeness (QED) is 0.497. The Balaban J connectivity index is 1.39. The Morgan fingerprint density at radius 1 is 1.09 bits per heavy atom. The first kappa shape index (κ1) is 24.9. The molecule has 1 aromatic heterocycles. The van der Waals surface area contributed by atoms with E-state index in [1.807, 2.05) is 31.2 Å². The number of halogens is 1. The molecule has 4 rings (SSSR count). The maximum Gasteiger partial charge on any atom is 0.223 e. The van der Waals surface area contributed by atoms with Crippen molar-refractivity contribution in [2.75, 3.05) is 19.6 Å². The van der Waals surface area contributed by atoms with Crippen molar-refractivity contribution in [3.05, 3.63) is 63.4 Å². The summed E-state index contributed by atoms with van der Waals surface area (Å²) in [6, 6.07) is 7.82. The van der Waals surface area contributed by atoms with Crippen molar-refractivity contribution < 1.29 is 9.59 Å². The van der Waals surface area contributed by atoms with Gasteiger partial charge in [0.2, 0.25) is 5.91 Å². The van der Waals surface area contributed by atoms with E-state index in [0.717, 1.165) is 48.6 Å². The lowest BCUT2D eigenvalue weighted by Gasteiger charge is -2.40. The van der Waals surface area contributed by atoms with Gasteiger partial charge in [0, 0.05) is 67.5 Å². The average Bonchev–Trinajstić information content (AvgIpc) is 3.30. The van der Waals surface area contributed by atoms with E-state index in [4.69, 9.17) is 11.6 Å². The van der Waals surface area contributed by atoms with Crippen molar-refractivity contribution in [3.8, 4) is 0 Å². The molecule has 1 aromatic carbocycles. The Hall–Kier alpha value is -2.24. The van der Waals surface area contributed by atoms with Gasteiger partial charge < -0.3 is 4.90 Å². The van der Waals surface area contributed by atoms with Crippen LogP contribution >= 0.6 is 11.6 Å². The number of ketones is 1. The second kappa shape index (κ2) is 11.0. The van der Waals surface area contributed by atoms with E-state index in [-0.39, 0.29) is 11.8 Å². The van der Waals surface area contributed by atoms with Crippen molar-refractivity contribution in [2.45, 2.75) is 71.9 Å². The van der Waals surface area contributed by atoms with Crippen molar-refractivity contribution in [1.82, 2.24) is 14.8 Å². The zero-order valence-corrected chi connectivity index (χ0v) is 21.4. The largest absolute Gasteiger partial charge is 0.337 e. The maximum atomic E-state index is 12.9. The standard InChI is InChI=1S/C28H36ClN3O2/c1-19-8-9-23(16-30-19)27(33)15-24-13-26(29)14-25(21(24)3)18-31-10-11-32(20(2)17-31)28(34)12-22-6-4-5-7-22/h8-9,13-14,16,20,22H,4-7,10-12,15,17-18H2,1-3H3/t20-/m0/s1. The molecule has 5 nitrogen and oxygen atoms in total. The summed E-state index contributed by atoms with van der Waals surface area (Å²) in [5, 5.41) is 0.656. The molecular formula is C28H36ClN3O2. The van der Waals surface area contributed by atoms with Crippen LogP contribution in [0, 0.1) is 19.8 Å². The Kier molecular flexibility index (Phi) is 8.05. The van der Waals surface area contributed by atoms with E-state index in [1.54, 1.807) is 6.20 Å². The van der Waals surface area contributed by atoms with Crippen LogP contribution in [0.3, 0.4) is 0 Å². The van der Waals surface area contributed by atoms with Crippen molar-refractivity contribution in [2.24, 2.45) is 5.92 Å². The molecule has 34 heavy (non-hydrogen) atoms. The van der Waals surface area contributed by atoms with E-state index in [0.29, 0.717) is 35.3 Å². The van der Waals surface area contributed by atoms with Crippen molar-refractivity contribution >= 4 is 23.3 Å². The van der Waals surface area contributed by atoms with Crippen LogP contribution in [0.15, 0.2) is 30.5 Å². The number of rotatable bonds is 7. The fourth-order valence-corrected chi connectivity index (χ4v) is 5.68. The molecule has 0 N–H and O–H groups in total. The van der Waals surface area contributed by atoms with Crippen LogP contribution in [0.25, 0.3) is 0 Å². The molecule has 2 heterocycles. The first-order chi connectivity index (χ1) is 16.3. The molecule has 1 aliphatic carbocycles. The van der Waals surface area contributed by atoms with Crippen LogP contribution in [-0.2, 0) is 17.8 Å². The highest BCUT2D eigenvalue weighted by atomic mass is 35.5. The number of carbonyl (C=O) groups excluding carboxylic acids is 2. The van der Waals surface area contributed by atoms with Gasteiger partial charge in [0.05, 0.1) is 0 Å². The van der Waals surface area contributed by atoms with Crippen LogP contribution in [0.4, 0.5) is 0 Å². The van der Waals surface area contributed by atoms with Gasteiger partial charge in [-0.25, -0.2) is 0 Å². The van der Waals surface area contributed by atoms with Crippen LogP contribution in [0.2, 0.25) is 5.02 Å². The Morgan fingerprint density at radius 3 is 2.50 bits per heavy atom. The Morgan fingerprint density at radius 2 is 1.82 bits per heavy atom. The number of hydrogen-bond donors (Lipinski definition) is 0. The molecule has 1 atom stereocenters. The topological polar surface area (TPSA) is 53.5 Å². The molecular weight excluding hydrogens is 446 g/mol. The number of carbonyl (C=O) groups is 2. The highest BCUT2D eigenvalue weighted by Crippen LogP contribution is 2.29. The molecule has 0 spiro atoms. The second-order valence-corrected chi connectivity index (χ2v) is 10.6. The molecule has 2 fully saturated rings. The van der Waals surface area contributed by atoms with Crippen LogP contribution < -0.4 is 0 Å². The summed E-state index contributed by atoms with van der Waals surface area (Å²) in [6.07, 6.45) is 7.63. The third-order valence-corrected chi connectivity index (χ3v) is 7.75. The first-order valence-corrected chi connectivity index (χ1v) is 12.9. The number of aryl methyl sites for hydroxylation is 1. The smallest absolute Gasteiger partial charge is 0.223 e. The van der Waals surface area contributed by atoms with Crippen LogP contribution in [0.5, 0.6) is 0 Å². The van der Waals surface area contributed by atoms with Crippen LogP contribution in [-0.4, -0.2) is 52.2 Å². The van der Waals surface area contributed by atoms with Gasteiger partial charge in [-0.3, -0.25) is 19.5 Å². The second-order valence-electron chi connectivity index (χ2n) is 10.2. The highest BCUT2D eigenvalue weighted by molar-refractivity contribution is 6.30. The number of hydrogen-bond acceptors (Lipinski definition) is 4.